The van der Waals surface area contributed by atoms with Crippen LogP contribution in [0.3, 0.4) is 0 Å². The van der Waals surface area contributed by atoms with Gasteiger partial charge in [0.05, 0.1) is 18.6 Å². The quantitative estimate of drug-likeness (QED) is 0.422. The Morgan fingerprint density at radius 2 is 1.92 bits per heavy atom. The zero-order valence-corrected chi connectivity index (χ0v) is 14.6. The molecule has 0 fully saturated rings. The van der Waals surface area contributed by atoms with Gasteiger partial charge in [0.2, 0.25) is 0 Å². The van der Waals surface area contributed by atoms with Gasteiger partial charge in [-0.2, -0.15) is 0 Å². The Morgan fingerprint density at radius 1 is 1.27 bits per heavy atom. The van der Waals surface area contributed by atoms with E-state index in [2.05, 4.69) is 4.74 Å². The number of likely N-dealkylation sites (N-methyl/N-ethyl adjacent to an activating group) is 1. The average Bonchev–Trinajstić information content (AvgIpc) is 2.99. The third kappa shape index (κ3) is 4.59. The zero-order chi connectivity index (χ0) is 19.3. The topological polar surface area (TPSA) is 112 Å². The molecule has 26 heavy (non-hydrogen) atoms. The van der Waals surface area contributed by atoms with Gasteiger partial charge in [-0.15, -0.1) is 0 Å². The predicted octanol–water partition coefficient (Wildman–Crippen LogP) is 2.32. The first-order valence-electron chi connectivity index (χ1n) is 7.60. The highest BCUT2D eigenvalue weighted by Crippen LogP contribution is 2.18. The van der Waals surface area contributed by atoms with E-state index in [0.717, 1.165) is 0 Å². The first-order valence-corrected chi connectivity index (χ1v) is 7.60. The standard InChI is InChI=1S/C17H18N2O7/c1-11-15(17(21)24-3)8-14(26-11)9-18(2)16(20)10-25-13-6-4-12(5-7-13)19(22)23/h4-8H,9-10H2,1-3H3. The molecule has 0 atom stereocenters. The molecule has 2 aromatic rings. The molecule has 0 N–H and O–H groups in total. The Morgan fingerprint density at radius 3 is 2.50 bits per heavy atom. The van der Waals surface area contributed by atoms with Crippen molar-refractivity contribution in [3.8, 4) is 5.75 Å². The molecule has 0 bridgehead atoms. The fourth-order valence-corrected chi connectivity index (χ4v) is 2.18. The van der Waals surface area contributed by atoms with Gasteiger partial charge in [0.1, 0.15) is 22.8 Å². The number of rotatable bonds is 7. The van der Waals surface area contributed by atoms with Gasteiger partial charge < -0.3 is 18.8 Å². The molecule has 1 aromatic carbocycles. The van der Waals surface area contributed by atoms with Crippen molar-refractivity contribution < 1.29 is 28.4 Å². The van der Waals surface area contributed by atoms with E-state index in [1.807, 2.05) is 0 Å². The number of nitro benzene ring substituents is 1. The van der Waals surface area contributed by atoms with Gasteiger partial charge in [-0.25, -0.2) is 4.79 Å². The zero-order valence-electron chi connectivity index (χ0n) is 14.6. The summed E-state index contributed by atoms with van der Waals surface area (Å²) in [5.41, 5.74) is 0.251. The van der Waals surface area contributed by atoms with Crippen LogP contribution in [0.25, 0.3) is 0 Å². The smallest absolute Gasteiger partial charge is 0.341 e. The Labute approximate surface area is 149 Å². The van der Waals surface area contributed by atoms with Crippen molar-refractivity contribution in [3.05, 3.63) is 57.5 Å². The monoisotopic (exact) mass is 362 g/mol. The number of nitrogens with zero attached hydrogens (tertiary/aromatic N) is 2. The second-order valence-corrected chi connectivity index (χ2v) is 5.46. The summed E-state index contributed by atoms with van der Waals surface area (Å²) in [7, 11) is 2.84. The summed E-state index contributed by atoms with van der Waals surface area (Å²) in [5.74, 6) is 0.369. The molecule has 1 heterocycles. The number of carbonyl (C=O) groups excluding carboxylic acids is 2. The first kappa shape index (κ1) is 19.0. The van der Waals surface area contributed by atoms with E-state index in [-0.39, 0.29) is 24.7 Å². The molecule has 0 aliphatic carbocycles. The number of nitro groups is 1. The maximum absolute atomic E-state index is 12.1. The van der Waals surface area contributed by atoms with E-state index < -0.39 is 10.9 Å². The van der Waals surface area contributed by atoms with Crippen LogP contribution in [0.4, 0.5) is 5.69 Å². The van der Waals surface area contributed by atoms with E-state index in [9.17, 15) is 19.7 Å². The van der Waals surface area contributed by atoms with Crippen molar-refractivity contribution in [2.45, 2.75) is 13.5 Å². The number of hydrogen-bond acceptors (Lipinski definition) is 7. The van der Waals surface area contributed by atoms with Crippen molar-refractivity contribution in [1.29, 1.82) is 0 Å². The van der Waals surface area contributed by atoms with Crippen LogP contribution in [0.15, 0.2) is 34.7 Å². The maximum atomic E-state index is 12.1. The lowest BCUT2D eigenvalue weighted by atomic mass is 10.2. The van der Waals surface area contributed by atoms with Crippen molar-refractivity contribution in [2.75, 3.05) is 20.8 Å². The Hall–Kier alpha value is -3.36. The summed E-state index contributed by atoms with van der Waals surface area (Å²) in [6.45, 7) is 1.55. The molecule has 138 valence electrons. The van der Waals surface area contributed by atoms with Crippen LogP contribution in [-0.4, -0.2) is 42.5 Å². The predicted molar refractivity (Wildman–Crippen MR) is 89.8 cm³/mol. The third-order valence-corrected chi connectivity index (χ3v) is 3.60. The molecule has 0 spiro atoms. The number of non-ortho nitro benzene ring substituents is 1. The number of ether oxygens (including phenoxy) is 2. The van der Waals surface area contributed by atoms with Crippen LogP contribution >= 0.6 is 0 Å². The largest absolute Gasteiger partial charge is 0.484 e. The second kappa shape index (κ2) is 8.15. The molecule has 9 heteroatoms. The van der Waals surface area contributed by atoms with E-state index in [0.29, 0.717) is 22.8 Å². The van der Waals surface area contributed by atoms with Crippen LogP contribution in [0.1, 0.15) is 21.9 Å². The number of furan rings is 1. The summed E-state index contributed by atoms with van der Waals surface area (Å²) in [6, 6.07) is 6.96. The van der Waals surface area contributed by atoms with Gasteiger partial charge in [-0.1, -0.05) is 0 Å². The van der Waals surface area contributed by atoms with Crippen LogP contribution in [0.5, 0.6) is 5.75 Å². The number of esters is 1. The van der Waals surface area contributed by atoms with Crippen LogP contribution in [-0.2, 0) is 16.1 Å². The van der Waals surface area contributed by atoms with Gasteiger partial charge in [-0.3, -0.25) is 14.9 Å². The first-order chi connectivity index (χ1) is 12.3. The molecule has 0 saturated carbocycles. The summed E-state index contributed by atoms with van der Waals surface area (Å²) in [5, 5.41) is 10.6. The molecule has 2 rings (SSSR count). The molecule has 0 aliphatic rings. The van der Waals surface area contributed by atoms with Crippen molar-refractivity contribution >= 4 is 17.6 Å². The van der Waals surface area contributed by atoms with Crippen LogP contribution < -0.4 is 4.74 Å². The van der Waals surface area contributed by atoms with E-state index in [1.54, 1.807) is 14.0 Å². The molecular weight excluding hydrogens is 344 g/mol. The van der Waals surface area contributed by atoms with Gasteiger partial charge in [0.15, 0.2) is 6.61 Å². The molecule has 0 aliphatic heterocycles. The lowest BCUT2D eigenvalue weighted by Gasteiger charge is -2.16. The van der Waals surface area contributed by atoms with Gasteiger partial charge in [0.25, 0.3) is 11.6 Å². The fourth-order valence-electron chi connectivity index (χ4n) is 2.18. The van der Waals surface area contributed by atoms with Crippen molar-refractivity contribution in [2.24, 2.45) is 0 Å². The van der Waals surface area contributed by atoms with Gasteiger partial charge in [0, 0.05) is 19.2 Å². The highest BCUT2D eigenvalue weighted by Gasteiger charge is 2.18. The van der Waals surface area contributed by atoms with Crippen LogP contribution in [0, 0.1) is 17.0 Å². The normalized spacial score (nSPS) is 10.3. The summed E-state index contributed by atoms with van der Waals surface area (Å²) in [4.78, 5) is 35.2. The number of hydrogen-bond donors (Lipinski definition) is 0. The summed E-state index contributed by atoms with van der Waals surface area (Å²) < 4.78 is 15.4. The molecule has 1 amide bonds. The van der Waals surface area contributed by atoms with E-state index >= 15 is 0 Å². The minimum atomic E-state index is -0.517. The van der Waals surface area contributed by atoms with Crippen molar-refractivity contribution in [1.82, 2.24) is 4.90 Å². The maximum Gasteiger partial charge on any atom is 0.341 e. The minimum Gasteiger partial charge on any atom is -0.484 e. The van der Waals surface area contributed by atoms with E-state index in [1.165, 1.54) is 42.3 Å². The number of amides is 1. The van der Waals surface area contributed by atoms with E-state index in [4.69, 9.17) is 9.15 Å². The molecule has 0 radical (unpaired) electrons. The molecule has 9 nitrogen and oxygen atoms in total. The lowest BCUT2D eigenvalue weighted by Crippen LogP contribution is -2.30. The number of carbonyl (C=O) groups is 2. The average molecular weight is 362 g/mol. The fraction of sp³-hybridized carbons (Fsp3) is 0.294. The highest BCUT2D eigenvalue weighted by atomic mass is 16.6. The summed E-state index contributed by atoms with van der Waals surface area (Å²) in [6.07, 6.45) is 0. The Bertz CT molecular complexity index is 811. The SMILES string of the molecule is COC(=O)c1cc(CN(C)C(=O)COc2ccc([N+](=O)[O-])cc2)oc1C. The molecule has 1 aromatic heterocycles. The Balaban J connectivity index is 1.91. The number of methoxy groups -OCH3 is 1. The van der Waals surface area contributed by atoms with Gasteiger partial charge in [-0.05, 0) is 25.1 Å². The highest BCUT2D eigenvalue weighted by molar-refractivity contribution is 5.90. The number of benzene rings is 1. The van der Waals surface area contributed by atoms with Gasteiger partial charge >= 0.3 is 5.97 Å². The molecule has 0 saturated heterocycles. The Kier molecular flexibility index (Phi) is 5.94. The minimum absolute atomic E-state index is 0.0598. The summed E-state index contributed by atoms with van der Waals surface area (Å²) >= 11 is 0. The van der Waals surface area contributed by atoms with Crippen LogP contribution in [0.2, 0.25) is 0 Å². The molecular formula is C17H18N2O7. The third-order valence-electron chi connectivity index (χ3n) is 3.60. The van der Waals surface area contributed by atoms with Crippen molar-refractivity contribution in [3.63, 3.8) is 0 Å². The lowest BCUT2D eigenvalue weighted by molar-refractivity contribution is -0.384. The number of aryl methyl sites for hydroxylation is 1. The second-order valence-electron chi connectivity index (χ2n) is 5.46. The molecule has 0 unspecified atom stereocenters.